The second-order valence-corrected chi connectivity index (χ2v) is 4.51. The van der Waals surface area contributed by atoms with Gasteiger partial charge in [-0.25, -0.2) is 4.79 Å². The van der Waals surface area contributed by atoms with Gasteiger partial charge in [0.05, 0.1) is 12.6 Å². The number of aliphatic hydroxyl groups excluding tert-OH is 1. The number of urea groups is 1. The molecule has 0 spiro atoms. The molecular formula is C13H17F3N2O3. The molecule has 0 aliphatic heterocycles. The van der Waals surface area contributed by atoms with Gasteiger partial charge in [0, 0.05) is 11.3 Å². The zero-order valence-corrected chi connectivity index (χ0v) is 11.6. The molecule has 118 valence electrons. The lowest BCUT2D eigenvalue weighted by molar-refractivity contribution is -0.153. The maximum atomic E-state index is 12.1. The maximum Gasteiger partial charge on any atom is 0.422 e. The van der Waals surface area contributed by atoms with Gasteiger partial charge in [-0.05, 0) is 26.0 Å². The highest BCUT2D eigenvalue weighted by molar-refractivity contribution is 5.90. The molecule has 1 aromatic carbocycles. The first kappa shape index (κ1) is 17.1. The first-order valence-corrected chi connectivity index (χ1v) is 6.20. The number of halogens is 3. The monoisotopic (exact) mass is 306 g/mol. The summed E-state index contributed by atoms with van der Waals surface area (Å²) in [4.78, 5) is 11.6. The van der Waals surface area contributed by atoms with Crippen LogP contribution in [0.5, 0.6) is 5.75 Å². The number of nitrogens with one attached hydrogen (secondary N) is 2. The van der Waals surface area contributed by atoms with E-state index in [0.717, 1.165) is 0 Å². The van der Waals surface area contributed by atoms with Gasteiger partial charge in [-0.2, -0.15) is 13.2 Å². The normalized spacial score (nSPS) is 12.7. The van der Waals surface area contributed by atoms with Gasteiger partial charge in [0.25, 0.3) is 0 Å². The van der Waals surface area contributed by atoms with E-state index in [1.54, 1.807) is 13.0 Å². The van der Waals surface area contributed by atoms with Gasteiger partial charge < -0.3 is 20.5 Å². The molecule has 0 heterocycles. The van der Waals surface area contributed by atoms with Crippen molar-refractivity contribution >= 4 is 11.7 Å². The van der Waals surface area contributed by atoms with Crippen LogP contribution in [-0.4, -0.2) is 36.6 Å². The average molecular weight is 306 g/mol. The Morgan fingerprint density at radius 2 is 2.10 bits per heavy atom. The minimum absolute atomic E-state index is 0.0420. The largest absolute Gasteiger partial charge is 0.484 e. The number of ether oxygens (including phenoxy) is 1. The van der Waals surface area contributed by atoms with Crippen LogP contribution in [0.1, 0.15) is 12.5 Å². The van der Waals surface area contributed by atoms with Crippen molar-refractivity contribution < 1.29 is 27.8 Å². The van der Waals surface area contributed by atoms with Crippen LogP contribution >= 0.6 is 0 Å². The van der Waals surface area contributed by atoms with Crippen molar-refractivity contribution in [1.82, 2.24) is 5.32 Å². The topological polar surface area (TPSA) is 70.6 Å². The molecule has 5 nitrogen and oxygen atoms in total. The molecule has 0 saturated carbocycles. The van der Waals surface area contributed by atoms with E-state index >= 15 is 0 Å². The molecule has 0 aliphatic carbocycles. The highest BCUT2D eigenvalue weighted by Crippen LogP contribution is 2.27. The fourth-order valence-corrected chi connectivity index (χ4v) is 1.49. The van der Waals surface area contributed by atoms with Crippen LogP contribution in [0.2, 0.25) is 0 Å². The Hall–Kier alpha value is -1.96. The van der Waals surface area contributed by atoms with Crippen molar-refractivity contribution in [3.63, 3.8) is 0 Å². The first-order valence-electron chi connectivity index (χ1n) is 6.20. The van der Waals surface area contributed by atoms with E-state index in [2.05, 4.69) is 15.4 Å². The summed E-state index contributed by atoms with van der Waals surface area (Å²) in [6, 6.07) is 3.41. The van der Waals surface area contributed by atoms with Crippen LogP contribution in [0, 0.1) is 6.92 Å². The Kier molecular flexibility index (Phi) is 5.83. The van der Waals surface area contributed by atoms with Crippen molar-refractivity contribution in [2.75, 3.05) is 18.5 Å². The van der Waals surface area contributed by atoms with Gasteiger partial charge >= 0.3 is 12.2 Å². The zero-order chi connectivity index (χ0) is 16.0. The van der Waals surface area contributed by atoms with Crippen LogP contribution in [0.15, 0.2) is 18.2 Å². The molecule has 1 atom stereocenters. The van der Waals surface area contributed by atoms with E-state index in [4.69, 9.17) is 5.11 Å². The summed E-state index contributed by atoms with van der Waals surface area (Å²) < 4.78 is 41.1. The number of carbonyl (C=O) groups is 1. The molecule has 21 heavy (non-hydrogen) atoms. The molecule has 0 fully saturated rings. The molecule has 0 bridgehead atoms. The number of hydrogen-bond acceptors (Lipinski definition) is 3. The third-order valence-electron chi connectivity index (χ3n) is 2.57. The number of hydrogen-bond donors (Lipinski definition) is 3. The van der Waals surface area contributed by atoms with Crippen LogP contribution in [0.25, 0.3) is 0 Å². The van der Waals surface area contributed by atoms with E-state index in [9.17, 15) is 18.0 Å². The summed E-state index contributed by atoms with van der Waals surface area (Å²) in [7, 11) is 0. The summed E-state index contributed by atoms with van der Waals surface area (Å²) in [5.74, 6) is 0.0420. The molecule has 2 amide bonds. The van der Waals surface area contributed by atoms with Gasteiger partial charge in [-0.3, -0.25) is 0 Å². The molecule has 1 unspecified atom stereocenters. The minimum atomic E-state index is -4.43. The molecule has 1 aromatic rings. The van der Waals surface area contributed by atoms with Crippen LogP contribution in [0.4, 0.5) is 23.7 Å². The SMILES string of the molecule is Cc1c(NC(=O)NC(C)CO)cccc1OCC(F)(F)F. The number of anilines is 1. The molecule has 1 rings (SSSR count). The van der Waals surface area contributed by atoms with E-state index in [1.165, 1.54) is 19.1 Å². The van der Waals surface area contributed by atoms with Crippen molar-refractivity contribution in [2.45, 2.75) is 26.1 Å². The molecule has 0 radical (unpaired) electrons. The third-order valence-corrected chi connectivity index (χ3v) is 2.57. The van der Waals surface area contributed by atoms with E-state index in [-0.39, 0.29) is 12.4 Å². The number of benzene rings is 1. The molecular weight excluding hydrogens is 289 g/mol. The van der Waals surface area contributed by atoms with Crippen LogP contribution in [0.3, 0.4) is 0 Å². The number of alkyl halides is 3. The third kappa shape index (κ3) is 5.90. The fourth-order valence-electron chi connectivity index (χ4n) is 1.49. The van der Waals surface area contributed by atoms with Gasteiger partial charge in [0.2, 0.25) is 0 Å². The molecule has 0 aromatic heterocycles. The minimum Gasteiger partial charge on any atom is -0.484 e. The highest BCUT2D eigenvalue weighted by Gasteiger charge is 2.28. The first-order chi connectivity index (χ1) is 9.73. The van der Waals surface area contributed by atoms with Crippen molar-refractivity contribution in [1.29, 1.82) is 0 Å². The van der Waals surface area contributed by atoms with Gasteiger partial charge in [0.1, 0.15) is 5.75 Å². The van der Waals surface area contributed by atoms with Gasteiger partial charge in [0.15, 0.2) is 6.61 Å². The second kappa shape index (κ2) is 7.16. The van der Waals surface area contributed by atoms with E-state index in [1.807, 2.05) is 0 Å². The highest BCUT2D eigenvalue weighted by atomic mass is 19.4. The standard InChI is InChI=1S/C13H17F3N2O3/c1-8(6-19)17-12(20)18-10-4-3-5-11(9(10)2)21-7-13(14,15)16/h3-5,8,19H,6-7H2,1-2H3,(H2,17,18,20). The Balaban J connectivity index is 2.74. The molecule has 0 aliphatic rings. The fraction of sp³-hybridized carbons (Fsp3) is 0.462. The number of amides is 2. The quantitative estimate of drug-likeness (QED) is 0.782. The lowest BCUT2D eigenvalue weighted by Gasteiger charge is -2.16. The Bertz CT molecular complexity index is 492. The number of rotatable bonds is 5. The van der Waals surface area contributed by atoms with Gasteiger partial charge in [-0.1, -0.05) is 6.07 Å². The van der Waals surface area contributed by atoms with Crippen molar-refractivity contribution in [3.05, 3.63) is 23.8 Å². The predicted molar refractivity (Wildman–Crippen MR) is 71.4 cm³/mol. The van der Waals surface area contributed by atoms with Crippen LogP contribution < -0.4 is 15.4 Å². The second-order valence-electron chi connectivity index (χ2n) is 4.51. The molecule has 8 heteroatoms. The summed E-state index contributed by atoms with van der Waals surface area (Å²) in [6.07, 6.45) is -4.43. The van der Waals surface area contributed by atoms with E-state index < -0.39 is 24.9 Å². The van der Waals surface area contributed by atoms with Crippen LogP contribution in [-0.2, 0) is 0 Å². The summed E-state index contributed by atoms with van der Waals surface area (Å²) in [5.41, 5.74) is 0.714. The van der Waals surface area contributed by atoms with Crippen molar-refractivity contribution in [2.24, 2.45) is 0 Å². The molecule has 3 N–H and O–H groups in total. The molecule has 0 saturated heterocycles. The summed E-state index contributed by atoms with van der Waals surface area (Å²) in [6.45, 7) is 1.53. The lowest BCUT2D eigenvalue weighted by atomic mass is 10.2. The van der Waals surface area contributed by atoms with Gasteiger partial charge in [-0.15, -0.1) is 0 Å². The van der Waals surface area contributed by atoms with E-state index in [0.29, 0.717) is 11.3 Å². The Morgan fingerprint density at radius 1 is 1.43 bits per heavy atom. The smallest absolute Gasteiger partial charge is 0.422 e. The lowest BCUT2D eigenvalue weighted by Crippen LogP contribution is -2.38. The predicted octanol–water partition coefficient (Wildman–Crippen LogP) is 2.44. The van der Waals surface area contributed by atoms with Crippen molar-refractivity contribution in [3.8, 4) is 5.75 Å². The maximum absolute atomic E-state index is 12.1. The average Bonchev–Trinajstić information content (AvgIpc) is 2.38. The number of aliphatic hydroxyl groups is 1. The number of carbonyl (C=O) groups excluding carboxylic acids is 1. The summed E-state index contributed by atoms with van der Waals surface area (Å²) >= 11 is 0. The summed E-state index contributed by atoms with van der Waals surface area (Å²) in [5, 5.41) is 13.8. The zero-order valence-electron chi connectivity index (χ0n) is 11.6. The Labute approximate surface area is 120 Å². The Morgan fingerprint density at radius 3 is 2.67 bits per heavy atom.